The lowest BCUT2D eigenvalue weighted by molar-refractivity contribution is 0.415. The van der Waals surface area contributed by atoms with E-state index in [1.165, 1.54) is 0 Å². The molecule has 0 radical (unpaired) electrons. The van der Waals surface area contributed by atoms with E-state index in [9.17, 15) is 0 Å². The van der Waals surface area contributed by atoms with Gasteiger partial charge in [-0.1, -0.05) is 6.07 Å². The first-order valence-electron chi connectivity index (χ1n) is 6.75. The van der Waals surface area contributed by atoms with Crippen LogP contribution in [0.3, 0.4) is 0 Å². The van der Waals surface area contributed by atoms with E-state index in [1.54, 1.807) is 7.11 Å². The molecule has 1 heterocycles. The molecule has 4 nitrogen and oxygen atoms in total. The van der Waals surface area contributed by atoms with E-state index in [1.807, 2.05) is 43.3 Å². The first kappa shape index (κ1) is 14.2. The predicted molar refractivity (Wildman–Crippen MR) is 83.1 cm³/mol. The first-order valence-corrected chi connectivity index (χ1v) is 6.75. The molecule has 0 unspecified atom stereocenters. The number of hydrogen-bond donors (Lipinski definition) is 1. The molecular weight excluding hydrogens is 250 g/mol. The maximum Gasteiger partial charge on any atom is 0.121 e. The summed E-state index contributed by atoms with van der Waals surface area (Å²) in [7, 11) is 1.64. The van der Waals surface area contributed by atoms with Gasteiger partial charge in [-0.3, -0.25) is 4.98 Å². The van der Waals surface area contributed by atoms with Gasteiger partial charge in [0, 0.05) is 18.3 Å². The van der Waals surface area contributed by atoms with Crippen molar-refractivity contribution in [2.24, 2.45) is 0 Å². The maximum atomic E-state index is 6.11. The molecule has 0 aliphatic carbocycles. The van der Waals surface area contributed by atoms with Crippen molar-refractivity contribution >= 4 is 11.4 Å². The normalized spacial score (nSPS) is 10.3. The second kappa shape index (κ2) is 6.28. The number of anilines is 2. The number of hydrogen-bond acceptors (Lipinski definition) is 4. The van der Waals surface area contributed by atoms with Crippen LogP contribution < -0.4 is 15.4 Å². The number of aromatic nitrogens is 1. The fourth-order valence-corrected chi connectivity index (χ4v) is 2.20. The van der Waals surface area contributed by atoms with Crippen LogP contribution in [0.1, 0.15) is 18.3 Å². The fourth-order valence-electron chi connectivity index (χ4n) is 2.20. The van der Waals surface area contributed by atoms with Crippen molar-refractivity contribution in [2.45, 2.75) is 20.4 Å². The van der Waals surface area contributed by atoms with E-state index in [-0.39, 0.29) is 0 Å². The summed E-state index contributed by atoms with van der Waals surface area (Å²) in [4.78, 5) is 6.75. The van der Waals surface area contributed by atoms with Crippen LogP contribution in [-0.4, -0.2) is 18.6 Å². The summed E-state index contributed by atoms with van der Waals surface area (Å²) in [5, 5.41) is 0. The van der Waals surface area contributed by atoms with E-state index in [4.69, 9.17) is 10.5 Å². The second-order valence-electron chi connectivity index (χ2n) is 4.71. The minimum atomic E-state index is 0.721. The third-order valence-electron chi connectivity index (χ3n) is 3.26. The summed E-state index contributed by atoms with van der Waals surface area (Å²) >= 11 is 0. The van der Waals surface area contributed by atoms with Crippen LogP contribution >= 0.6 is 0 Å². The van der Waals surface area contributed by atoms with Crippen LogP contribution in [0.15, 0.2) is 36.4 Å². The molecule has 106 valence electrons. The Labute approximate surface area is 120 Å². The van der Waals surface area contributed by atoms with Gasteiger partial charge in [0.15, 0.2) is 0 Å². The van der Waals surface area contributed by atoms with Gasteiger partial charge < -0.3 is 15.4 Å². The standard InChI is InChI=1S/C16H21N3O/c1-4-19(11-13-7-5-6-12(2)18-13)16-9-8-14(20-3)10-15(16)17/h5-10H,4,11,17H2,1-3H3. The van der Waals surface area contributed by atoms with Crippen LogP contribution in [-0.2, 0) is 6.54 Å². The third kappa shape index (κ3) is 3.20. The molecule has 2 rings (SSSR count). The van der Waals surface area contributed by atoms with Crippen molar-refractivity contribution in [3.8, 4) is 5.75 Å². The number of nitrogens with zero attached hydrogens (tertiary/aromatic N) is 2. The van der Waals surface area contributed by atoms with Crippen molar-refractivity contribution in [3.63, 3.8) is 0 Å². The van der Waals surface area contributed by atoms with Gasteiger partial charge in [0.1, 0.15) is 5.75 Å². The van der Waals surface area contributed by atoms with Crippen molar-refractivity contribution in [1.29, 1.82) is 0 Å². The van der Waals surface area contributed by atoms with E-state index >= 15 is 0 Å². The quantitative estimate of drug-likeness (QED) is 0.849. The molecule has 20 heavy (non-hydrogen) atoms. The highest BCUT2D eigenvalue weighted by molar-refractivity contribution is 5.69. The average Bonchev–Trinajstić information content (AvgIpc) is 2.45. The molecule has 1 aromatic heterocycles. The molecule has 1 aromatic carbocycles. The van der Waals surface area contributed by atoms with E-state index in [2.05, 4.69) is 16.8 Å². The molecule has 2 N–H and O–H groups in total. The Balaban J connectivity index is 2.24. The Hall–Kier alpha value is -2.23. The zero-order valence-electron chi connectivity index (χ0n) is 12.3. The van der Waals surface area contributed by atoms with Gasteiger partial charge in [-0.15, -0.1) is 0 Å². The molecule has 0 saturated heterocycles. The molecule has 0 amide bonds. The number of nitrogen functional groups attached to an aromatic ring is 1. The van der Waals surface area contributed by atoms with Gasteiger partial charge >= 0.3 is 0 Å². The predicted octanol–water partition coefficient (Wildman–Crippen LogP) is 3.01. The molecule has 0 aliphatic rings. The molecule has 0 bridgehead atoms. The number of ether oxygens (including phenoxy) is 1. The summed E-state index contributed by atoms with van der Waals surface area (Å²) in [5.74, 6) is 0.774. The SMILES string of the molecule is CCN(Cc1cccc(C)n1)c1ccc(OC)cc1N. The van der Waals surface area contributed by atoms with Gasteiger partial charge in [0.25, 0.3) is 0 Å². The molecule has 0 aliphatic heterocycles. The largest absolute Gasteiger partial charge is 0.497 e. The Morgan fingerprint density at radius 3 is 2.65 bits per heavy atom. The number of benzene rings is 1. The Morgan fingerprint density at radius 2 is 2.05 bits per heavy atom. The van der Waals surface area contributed by atoms with Gasteiger partial charge in [-0.25, -0.2) is 0 Å². The van der Waals surface area contributed by atoms with Crippen molar-refractivity contribution in [1.82, 2.24) is 4.98 Å². The van der Waals surface area contributed by atoms with Gasteiger partial charge in [-0.2, -0.15) is 0 Å². The lowest BCUT2D eigenvalue weighted by atomic mass is 10.2. The summed E-state index contributed by atoms with van der Waals surface area (Å²) in [5.41, 5.74) is 9.92. The van der Waals surface area contributed by atoms with Crippen molar-refractivity contribution in [3.05, 3.63) is 47.8 Å². The molecule has 0 atom stereocenters. The minimum Gasteiger partial charge on any atom is -0.497 e. The first-order chi connectivity index (χ1) is 9.63. The Kier molecular flexibility index (Phi) is 4.45. The van der Waals surface area contributed by atoms with E-state index < -0.39 is 0 Å². The second-order valence-corrected chi connectivity index (χ2v) is 4.71. The molecule has 0 spiro atoms. The van der Waals surface area contributed by atoms with Crippen LogP contribution in [0.25, 0.3) is 0 Å². The number of rotatable bonds is 5. The lowest BCUT2D eigenvalue weighted by Gasteiger charge is -2.24. The molecular formula is C16H21N3O. The minimum absolute atomic E-state index is 0.721. The third-order valence-corrected chi connectivity index (χ3v) is 3.26. The maximum absolute atomic E-state index is 6.11. The van der Waals surface area contributed by atoms with Crippen molar-refractivity contribution < 1.29 is 4.74 Å². The van der Waals surface area contributed by atoms with Crippen LogP contribution in [0.5, 0.6) is 5.75 Å². The van der Waals surface area contributed by atoms with Gasteiger partial charge in [-0.05, 0) is 38.1 Å². The number of nitrogens with two attached hydrogens (primary N) is 1. The highest BCUT2D eigenvalue weighted by atomic mass is 16.5. The molecule has 0 fully saturated rings. The number of methoxy groups -OCH3 is 1. The van der Waals surface area contributed by atoms with Crippen LogP contribution in [0, 0.1) is 6.92 Å². The Bertz CT molecular complexity index is 584. The smallest absolute Gasteiger partial charge is 0.121 e. The van der Waals surface area contributed by atoms with E-state index in [0.717, 1.165) is 41.6 Å². The zero-order valence-corrected chi connectivity index (χ0v) is 12.3. The summed E-state index contributed by atoms with van der Waals surface area (Å²) in [6.45, 7) is 5.72. The summed E-state index contributed by atoms with van der Waals surface area (Å²) in [6, 6.07) is 11.8. The van der Waals surface area contributed by atoms with Crippen molar-refractivity contribution in [2.75, 3.05) is 24.3 Å². The number of pyridine rings is 1. The fraction of sp³-hybridized carbons (Fsp3) is 0.312. The zero-order chi connectivity index (χ0) is 14.5. The lowest BCUT2D eigenvalue weighted by Crippen LogP contribution is -2.23. The Morgan fingerprint density at radius 1 is 1.25 bits per heavy atom. The summed E-state index contributed by atoms with van der Waals surface area (Å²) in [6.07, 6.45) is 0. The van der Waals surface area contributed by atoms with Gasteiger partial charge in [0.2, 0.25) is 0 Å². The highest BCUT2D eigenvalue weighted by Crippen LogP contribution is 2.28. The topological polar surface area (TPSA) is 51.4 Å². The van der Waals surface area contributed by atoms with Crippen LogP contribution in [0.2, 0.25) is 0 Å². The monoisotopic (exact) mass is 271 g/mol. The molecule has 2 aromatic rings. The van der Waals surface area contributed by atoms with Crippen LogP contribution in [0.4, 0.5) is 11.4 Å². The highest BCUT2D eigenvalue weighted by Gasteiger charge is 2.10. The molecule has 0 saturated carbocycles. The van der Waals surface area contributed by atoms with E-state index in [0.29, 0.717) is 0 Å². The molecule has 4 heteroatoms. The average molecular weight is 271 g/mol. The van der Waals surface area contributed by atoms with Gasteiger partial charge in [0.05, 0.1) is 30.7 Å². The summed E-state index contributed by atoms with van der Waals surface area (Å²) < 4.78 is 5.19. The number of aryl methyl sites for hydroxylation is 1.